The molecule has 0 spiro atoms. The molecule has 2 aromatic carbocycles. The Morgan fingerprint density at radius 3 is 2.71 bits per heavy atom. The van der Waals surface area contributed by atoms with Crippen LogP contribution in [-0.2, 0) is 4.79 Å². The van der Waals surface area contributed by atoms with Crippen molar-refractivity contribution in [2.24, 2.45) is 4.99 Å². The van der Waals surface area contributed by atoms with Gasteiger partial charge < -0.3 is 10.2 Å². The zero-order valence-corrected chi connectivity index (χ0v) is 11.9. The number of carboxylic acid groups (broad SMARTS) is 1. The van der Waals surface area contributed by atoms with Gasteiger partial charge in [-0.25, -0.2) is 4.79 Å². The van der Waals surface area contributed by atoms with Crippen molar-refractivity contribution in [3.8, 4) is 5.75 Å². The summed E-state index contributed by atoms with van der Waals surface area (Å²) >= 11 is 1.45. The van der Waals surface area contributed by atoms with Crippen LogP contribution >= 0.6 is 11.8 Å². The quantitative estimate of drug-likeness (QED) is 0.913. The molecule has 0 bridgehead atoms. The van der Waals surface area contributed by atoms with Crippen molar-refractivity contribution < 1.29 is 15.0 Å². The van der Waals surface area contributed by atoms with Gasteiger partial charge in [-0.3, -0.25) is 4.99 Å². The third-order valence-electron chi connectivity index (χ3n) is 3.22. The van der Waals surface area contributed by atoms with E-state index in [2.05, 4.69) is 4.99 Å². The lowest BCUT2D eigenvalue weighted by atomic mass is 10.1. The van der Waals surface area contributed by atoms with Gasteiger partial charge in [0.1, 0.15) is 5.75 Å². The molecule has 2 aromatic rings. The molecule has 1 atom stereocenters. The molecule has 21 heavy (non-hydrogen) atoms. The smallest absolute Gasteiger partial charge is 0.329 e. The van der Waals surface area contributed by atoms with Crippen LogP contribution in [-0.4, -0.2) is 33.0 Å². The summed E-state index contributed by atoms with van der Waals surface area (Å²) < 4.78 is 0. The number of rotatable bonds is 3. The van der Waals surface area contributed by atoms with E-state index in [9.17, 15) is 9.90 Å². The zero-order valence-electron chi connectivity index (χ0n) is 11.1. The molecule has 0 amide bonds. The fourth-order valence-corrected chi connectivity index (χ4v) is 3.04. The van der Waals surface area contributed by atoms with Gasteiger partial charge in [-0.05, 0) is 40.6 Å². The van der Waals surface area contributed by atoms with Gasteiger partial charge in [0.05, 0.1) is 5.04 Å². The van der Waals surface area contributed by atoms with Crippen molar-refractivity contribution >= 4 is 39.6 Å². The Kier molecular flexibility index (Phi) is 3.66. The normalized spacial score (nSPS) is 18.3. The number of nitrogens with zero attached hydrogens (tertiary/aromatic N) is 1. The number of hydrogen-bond donors (Lipinski definition) is 2. The van der Waals surface area contributed by atoms with Crippen LogP contribution in [0.2, 0.25) is 0 Å². The number of thioether (sulfide) groups is 1. The first kappa shape index (κ1) is 13.7. The van der Waals surface area contributed by atoms with E-state index in [1.54, 1.807) is 12.1 Å². The Morgan fingerprint density at radius 1 is 1.19 bits per heavy atom. The SMILES string of the molecule is O=C(O)[C@H]1CSC(/C=C/c2ccc3cc(O)ccc3c2)=N1. The highest BCUT2D eigenvalue weighted by molar-refractivity contribution is 8.14. The van der Waals surface area contributed by atoms with Crippen LogP contribution in [0.1, 0.15) is 5.56 Å². The third-order valence-corrected chi connectivity index (χ3v) is 4.24. The number of fused-ring (bicyclic) bond motifs is 1. The van der Waals surface area contributed by atoms with Crippen molar-refractivity contribution in [2.75, 3.05) is 5.75 Å². The van der Waals surface area contributed by atoms with E-state index in [4.69, 9.17) is 5.11 Å². The van der Waals surface area contributed by atoms with Crippen molar-refractivity contribution in [3.05, 3.63) is 48.0 Å². The van der Waals surface area contributed by atoms with Gasteiger partial charge in [0.25, 0.3) is 0 Å². The number of carbonyl (C=O) groups is 1. The minimum Gasteiger partial charge on any atom is -0.508 e. The number of phenols is 1. The highest BCUT2D eigenvalue weighted by Crippen LogP contribution is 2.23. The fourth-order valence-electron chi connectivity index (χ4n) is 2.13. The molecule has 0 saturated carbocycles. The molecular formula is C16H13NO3S. The van der Waals surface area contributed by atoms with Crippen molar-refractivity contribution in [2.45, 2.75) is 6.04 Å². The number of carboxylic acids is 1. The van der Waals surface area contributed by atoms with E-state index in [-0.39, 0.29) is 5.75 Å². The van der Waals surface area contributed by atoms with Gasteiger partial charge in [-0.15, -0.1) is 11.8 Å². The molecule has 5 heteroatoms. The Morgan fingerprint density at radius 2 is 1.95 bits per heavy atom. The number of aliphatic imine (C=N–C) groups is 1. The molecular weight excluding hydrogens is 286 g/mol. The molecule has 0 unspecified atom stereocenters. The summed E-state index contributed by atoms with van der Waals surface area (Å²) in [6, 6.07) is 10.5. The molecule has 0 fully saturated rings. The standard InChI is InChI=1S/C16H13NO3S/c18-13-5-4-11-7-10(1-3-12(11)8-13)2-6-15-17-14(9-21-15)16(19)20/h1-8,14,18H,9H2,(H,19,20)/b6-2+/t14-/m1/s1. The number of benzene rings is 2. The van der Waals surface area contributed by atoms with Crippen LogP contribution in [0.4, 0.5) is 0 Å². The largest absolute Gasteiger partial charge is 0.508 e. The first-order valence-electron chi connectivity index (χ1n) is 6.46. The van der Waals surface area contributed by atoms with Crippen LogP contribution in [0.3, 0.4) is 0 Å². The predicted molar refractivity (Wildman–Crippen MR) is 86.0 cm³/mol. The Bertz CT molecular complexity index is 767. The second kappa shape index (κ2) is 5.61. The van der Waals surface area contributed by atoms with Crippen LogP contribution < -0.4 is 0 Å². The van der Waals surface area contributed by atoms with Crippen molar-refractivity contribution in [3.63, 3.8) is 0 Å². The molecule has 4 nitrogen and oxygen atoms in total. The van der Waals surface area contributed by atoms with Gasteiger partial charge in [0.2, 0.25) is 0 Å². The van der Waals surface area contributed by atoms with E-state index in [0.717, 1.165) is 21.4 Å². The molecule has 1 heterocycles. The van der Waals surface area contributed by atoms with Gasteiger partial charge in [-0.2, -0.15) is 0 Å². The molecule has 1 aliphatic heterocycles. The maximum absolute atomic E-state index is 10.8. The summed E-state index contributed by atoms with van der Waals surface area (Å²) in [6.07, 6.45) is 3.76. The fraction of sp³-hybridized carbons (Fsp3) is 0.125. The minimum atomic E-state index is -0.878. The summed E-state index contributed by atoms with van der Waals surface area (Å²) in [4.78, 5) is 15.0. The van der Waals surface area contributed by atoms with Gasteiger partial charge >= 0.3 is 5.97 Å². The molecule has 0 aromatic heterocycles. The summed E-state index contributed by atoms with van der Waals surface area (Å²) in [5.41, 5.74) is 1.01. The molecule has 1 aliphatic rings. The number of phenolic OH excluding ortho intramolecular Hbond substituents is 1. The van der Waals surface area contributed by atoms with E-state index in [0.29, 0.717) is 5.75 Å². The monoisotopic (exact) mass is 299 g/mol. The summed E-state index contributed by atoms with van der Waals surface area (Å²) in [5.74, 6) is -0.134. The number of aromatic hydroxyl groups is 1. The Hall–Kier alpha value is -2.27. The molecule has 0 aliphatic carbocycles. The zero-order chi connectivity index (χ0) is 14.8. The first-order valence-corrected chi connectivity index (χ1v) is 7.45. The lowest BCUT2D eigenvalue weighted by Crippen LogP contribution is -2.16. The van der Waals surface area contributed by atoms with Crippen LogP contribution in [0.5, 0.6) is 5.75 Å². The first-order chi connectivity index (χ1) is 10.1. The number of hydrogen-bond acceptors (Lipinski definition) is 4. The van der Waals surface area contributed by atoms with Crippen LogP contribution in [0.15, 0.2) is 47.5 Å². The van der Waals surface area contributed by atoms with Gasteiger partial charge in [0, 0.05) is 5.75 Å². The predicted octanol–water partition coefficient (Wildman–Crippen LogP) is 3.16. The number of aliphatic carboxylic acids is 1. The summed E-state index contributed by atoms with van der Waals surface area (Å²) in [6.45, 7) is 0. The minimum absolute atomic E-state index is 0.252. The Balaban J connectivity index is 1.82. The molecule has 106 valence electrons. The van der Waals surface area contributed by atoms with Crippen LogP contribution in [0, 0.1) is 0 Å². The highest BCUT2D eigenvalue weighted by Gasteiger charge is 2.22. The van der Waals surface area contributed by atoms with Gasteiger partial charge in [-0.1, -0.05) is 24.3 Å². The molecule has 2 N–H and O–H groups in total. The van der Waals surface area contributed by atoms with Crippen molar-refractivity contribution in [1.82, 2.24) is 0 Å². The Labute approximate surface area is 125 Å². The van der Waals surface area contributed by atoms with E-state index < -0.39 is 12.0 Å². The lowest BCUT2D eigenvalue weighted by Gasteiger charge is -2.00. The second-order valence-corrected chi connectivity index (χ2v) is 5.80. The molecule has 0 radical (unpaired) electrons. The maximum atomic E-state index is 10.8. The van der Waals surface area contributed by atoms with E-state index >= 15 is 0 Å². The van der Waals surface area contributed by atoms with E-state index in [1.165, 1.54) is 11.8 Å². The second-order valence-electron chi connectivity index (χ2n) is 4.76. The van der Waals surface area contributed by atoms with Crippen LogP contribution in [0.25, 0.3) is 16.8 Å². The highest BCUT2D eigenvalue weighted by atomic mass is 32.2. The molecule has 0 saturated heterocycles. The average molecular weight is 299 g/mol. The van der Waals surface area contributed by atoms with Gasteiger partial charge in [0.15, 0.2) is 6.04 Å². The summed E-state index contributed by atoms with van der Waals surface area (Å²) in [7, 11) is 0. The lowest BCUT2D eigenvalue weighted by molar-refractivity contribution is -0.137. The van der Waals surface area contributed by atoms with E-state index in [1.807, 2.05) is 36.4 Å². The third kappa shape index (κ3) is 3.08. The molecule has 3 rings (SSSR count). The topological polar surface area (TPSA) is 69.9 Å². The van der Waals surface area contributed by atoms with Crippen molar-refractivity contribution in [1.29, 1.82) is 0 Å². The average Bonchev–Trinajstić information content (AvgIpc) is 2.94. The maximum Gasteiger partial charge on any atom is 0.329 e. The summed E-state index contributed by atoms with van der Waals surface area (Å²) in [5, 5.41) is 21.1.